The normalized spacial score (nSPS) is 14.8. The zero-order valence-corrected chi connectivity index (χ0v) is 14.3. The summed E-state index contributed by atoms with van der Waals surface area (Å²) in [5.41, 5.74) is 0.723. The van der Waals surface area contributed by atoms with E-state index in [4.69, 9.17) is 27.9 Å². The smallest absolute Gasteiger partial charge is 0.159 e. The molecule has 1 N–H and O–H groups in total. The summed E-state index contributed by atoms with van der Waals surface area (Å²) in [6, 6.07) is 6.19. The molecular formula is C14H13Cl2IN2O. The van der Waals surface area contributed by atoms with Crippen LogP contribution in [0.3, 0.4) is 0 Å². The maximum atomic E-state index is 6.24. The van der Waals surface area contributed by atoms with Gasteiger partial charge in [0.15, 0.2) is 5.75 Å². The summed E-state index contributed by atoms with van der Waals surface area (Å²) in [5, 5.41) is 5.38. The molecule has 1 aliphatic carbocycles. The second kappa shape index (κ2) is 6.22. The molecule has 0 unspecified atom stereocenters. The van der Waals surface area contributed by atoms with Gasteiger partial charge in [-0.05, 0) is 53.6 Å². The third kappa shape index (κ3) is 3.30. The van der Waals surface area contributed by atoms with E-state index in [1.807, 2.05) is 12.1 Å². The molecule has 6 heteroatoms. The first-order chi connectivity index (χ1) is 9.65. The highest BCUT2D eigenvalue weighted by Crippen LogP contribution is 2.35. The minimum Gasteiger partial charge on any atom is -0.489 e. The van der Waals surface area contributed by atoms with Crippen LogP contribution < -0.4 is 10.1 Å². The number of nitrogens with one attached hydrogen (secondary N) is 1. The van der Waals surface area contributed by atoms with Crippen molar-refractivity contribution in [3.63, 3.8) is 0 Å². The van der Waals surface area contributed by atoms with E-state index in [-0.39, 0.29) is 0 Å². The molecule has 1 heterocycles. The second-order valence-electron chi connectivity index (χ2n) is 4.78. The van der Waals surface area contributed by atoms with Gasteiger partial charge in [0.25, 0.3) is 0 Å². The molecule has 20 heavy (non-hydrogen) atoms. The molecule has 0 atom stereocenters. The predicted molar refractivity (Wildman–Crippen MR) is 91.0 cm³/mol. The first kappa shape index (κ1) is 14.6. The van der Waals surface area contributed by atoms with Gasteiger partial charge in [-0.25, -0.2) is 4.98 Å². The van der Waals surface area contributed by atoms with Crippen molar-refractivity contribution in [2.75, 3.05) is 13.2 Å². The molecule has 106 valence electrons. The van der Waals surface area contributed by atoms with Crippen molar-refractivity contribution in [2.24, 2.45) is 0 Å². The van der Waals surface area contributed by atoms with E-state index >= 15 is 0 Å². The van der Waals surface area contributed by atoms with Crippen LogP contribution in [0.5, 0.6) is 5.75 Å². The Bertz CT molecular complexity index is 647. The lowest BCUT2D eigenvalue weighted by molar-refractivity contribution is 0.314. The maximum Gasteiger partial charge on any atom is 0.159 e. The number of halogens is 3. The molecule has 1 aromatic carbocycles. The Morgan fingerprint density at radius 1 is 1.35 bits per heavy atom. The van der Waals surface area contributed by atoms with Crippen LogP contribution in [-0.2, 0) is 0 Å². The Kier molecular flexibility index (Phi) is 4.55. The van der Waals surface area contributed by atoms with Crippen LogP contribution in [0.2, 0.25) is 10.2 Å². The number of benzene rings is 1. The Morgan fingerprint density at radius 3 is 2.90 bits per heavy atom. The van der Waals surface area contributed by atoms with Gasteiger partial charge in [-0.1, -0.05) is 23.2 Å². The van der Waals surface area contributed by atoms with Crippen molar-refractivity contribution in [2.45, 2.75) is 18.9 Å². The van der Waals surface area contributed by atoms with Crippen LogP contribution >= 0.6 is 45.8 Å². The number of hydrogen-bond donors (Lipinski definition) is 1. The average Bonchev–Trinajstić information content (AvgIpc) is 3.21. The molecule has 0 saturated heterocycles. The van der Waals surface area contributed by atoms with E-state index in [2.05, 4.69) is 32.9 Å². The second-order valence-corrected chi connectivity index (χ2v) is 6.73. The third-order valence-corrected chi connectivity index (χ3v) is 4.49. The van der Waals surface area contributed by atoms with E-state index in [1.165, 1.54) is 12.8 Å². The van der Waals surface area contributed by atoms with Crippen LogP contribution in [0.15, 0.2) is 18.2 Å². The molecule has 0 bridgehead atoms. The maximum absolute atomic E-state index is 6.24. The molecule has 0 spiro atoms. The monoisotopic (exact) mass is 422 g/mol. The van der Waals surface area contributed by atoms with Gasteiger partial charge < -0.3 is 10.1 Å². The molecule has 3 nitrogen and oxygen atoms in total. The van der Waals surface area contributed by atoms with Gasteiger partial charge in [-0.3, -0.25) is 0 Å². The summed E-state index contributed by atoms with van der Waals surface area (Å²) < 4.78 is 6.83. The standard InChI is InChI=1S/C14H13Cl2IN2O/c15-10-7-11(17)14(20-6-5-18-8-1-2-8)13-9(10)3-4-12(16)19-13/h3-4,7-8,18H,1-2,5-6H2. The topological polar surface area (TPSA) is 34.1 Å². The highest BCUT2D eigenvalue weighted by Gasteiger charge is 2.20. The Hall–Kier alpha value is -0.300. The van der Waals surface area contributed by atoms with E-state index in [1.54, 1.807) is 6.07 Å². The zero-order valence-electron chi connectivity index (χ0n) is 10.6. The molecule has 0 amide bonds. The lowest BCUT2D eigenvalue weighted by Gasteiger charge is -2.12. The summed E-state index contributed by atoms with van der Waals surface area (Å²) in [6.07, 6.45) is 2.55. The summed E-state index contributed by atoms with van der Waals surface area (Å²) in [7, 11) is 0. The number of nitrogens with zero attached hydrogens (tertiary/aromatic N) is 1. The fourth-order valence-electron chi connectivity index (χ4n) is 2.01. The quantitative estimate of drug-likeness (QED) is 0.443. The molecule has 2 aromatic rings. The molecule has 1 saturated carbocycles. The summed E-state index contributed by atoms with van der Waals surface area (Å²) >= 11 is 14.4. The number of fused-ring (bicyclic) bond motifs is 1. The largest absolute Gasteiger partial charge is 0.489 e. The molecule has 0 radical (unpaired) electrons. The zero-order chi connectivity index (χ0) is 14.1. The Morgan fingerprint density at radius 2 is 2.15 bits per heavy atom. The first-order valence-electron chi connectivity index (χ1n) is 6.45. The number of hydrogen-bond acceptors (Lipinski definition) is 3. The van der Waals surface area contributed by atoms with Crippen LogP contribution in [0, 0.1) is 3.57 Å². The molecule has 1 aromatic heterocycles. The number of aromatic nitrogens is 1. The van der Waals surface area contributed by atoms with Crippen LogP contribution in [0.1, 0.15) is 12.8 Å². The van der Waals surface area contributed by atoms with Gasteiger partial charge in [-0.2, -0.15) is 0 Å². The van der Waals surface area contributed by atoms with Crippen molar-refractivity contribution in [1.29, 1.82) is 0 Å². The van der Waals surface area contributed by atoms with Crippen molar-refractivity contribution in [1.82, 2.24) is 10.3 Å². The minimum absolute atomic E-state index is 0.441. The highest BCUT2D eigenvalue weighted by atomic mass is 127. The lowest BCUT2D eigenvalue weighted by Crippen LogP contribution is -2.23. The highest BCUT2D eigenvalue weighted by molar-refractivity contribution is 14.1. The number of ether oxygens (including phenoxy) is 1. The molecule has 3 rings (SSSR count). The van der Waals surface area contributed by atoms with Gasteiger partial charge in [-0.15, -0.1) is 0 Å². The van der Waals surface area contributed by atoms with Crippen LogP contribution in [0.25, 0.3) is 10.9 Å². The van der Waals surface area contributed by atoms with Gasteiger partial charge in [0, 0.05) is 18.0 Å². The van der Waals surface area contributed by atoms with Crippen LogP contribution in [0.4, 0.5) is 0 Å². The van der Waals surface area contributed by atoms with Gasteiger partial charge >= 0.3 is 0 Å². The molecule has 1 fully saturated rings. The summed E-state index contributed by atoms with van der Waals surface area (Å²) in [5.74, 6) is 0.755. The van der Waals surface area contributed by atoms with Gasteiger partial charge in [0.2, 0.25) is 0 Å². The first-order valence-corrected chi connectivity index (χ1v) is 8.29. The van der Waals surface area contributed by atoms with E-state index in [0.717, 1.165) is 26.8 Å². The van der Waals surface area contributed by atoms with E-state index < -0.39 is 0 Å². The van der Waals surface area contributed by atoms with E-state index in [0.29, 0.717) is 22.8 Å². The van der Waals surface area contributed by atoms with Crippen molar-refractivity contribution < 1.29 is 4.74 Å². The number of rotatable bonds is 5. The number of pyridine rings is 1. The van der Waals surface area contributed by atoms with Crippen molar-refractivity contribution in [3.05, 3.63) is 31.9 Å². The summed E-state index contributed by atoms with van der Waals surface area (Å²) in [6.45, 7) is 1.45. The SMILES string of the molecule is Clc1ccc2c(Cl)cc(I)c(OCCNC3CC3)c2n1. The third-order valence-electron chi connectivity index (χ3n) is 3.16. The van der Waals surface area contributed by atoms with Gasteiger partial charge in [0.1, 0.15) is 17.3 Å². The van der Waals surface area contributed by atoms with Crippen molar-refractivity contribution in [3.8, 4) is 5.75 Å². The minimum atomic E-state index is 0.441. The van der Waals surface area contributed by atoms with Crippen LogP contribution in [-0.4, -0.2) is 24.2 Å². The fourth-order valence-corrected chi connectivity index (χ4v) is 3.33. The lowest BCUT2D eigenvalue weighted by atomic mass is 10.2. The van der Waals surface area contributed by atoms with Gasteiger partial charge in [0.05, 0.1) is 8.59 Å². The fraction of sp³-hybridized carbons (Fsp3) is 0.357. The molecular weight excluding hydrogens is 410 g/mol. The summed E-state index contributed by atoms with van der Waals surface area (Å²) in [4.78, 5) is 4.35. The Labute approximate surface area is 141 Å². The molecule has 0 aliphatic heterocycles. The van der Waals surface area contributed by atoms with Crippen molar-refractivity contribution >= 4 is 56.7 Å². The molecule has 1 aliphatic rings. The Balaban J connectivity index is 1.85. The van der Waals surface area contributed by atoms with E-state index in [9.17, 15) is 0 Å². The average molecular weight is 423 g/mol. The predicted octanol–water partition coefficient (Wildman–Crippen LogP) is 4.28.